The second-order valence-electron chi connectivity index (χ2n) is 3.45. The molecule has 5 heteroatoms. The third-order valence-electron chi connectivity index (χ3n) is 2.28. The van der Waals surface area contributed by atoms with Crippen LogP contribution in [0, 0.1) is 12.7 Å². The van der Waals surface area contributed by atoms with Crippen LogP contribution in [0.15, 0.2) is 24.4 Å². The number of nitrogens with zero attached hydrogens (tertiary/aromatic N) is 2. The number of hydrogen-bond acceptors (Lipinski definition) is 2. The Morgan fingerprint density at radius 1 is 1.50 bits per heavy atom. The van der Waals surface area contributed by atoms with Gasteiger partial charge in [0.15, 0.2) is 0 Å². The monoisotopic (exact) mass is 240 g/mol. The van der Waals surface area contributed by atoms with Crippen LogP contribution in [0.5, 0.6) is 0 Å². The molecule has 1 aromatic heterocycles. The maximum atomic E-state index is 13.6. The number of hydrogen-bond donors (Lipinski definition) is 1. The van der Waals surface area contributed by atoms with E-state index in [4.69, 9.17) is 16.7 Å². The van der Waals surface area contributed by atoms with Gasteiger partial charge in [0.2, 0.25) is 0 Å². The summed E-state index contributed by atoms with van der Waals surface area (Å²) in [6, 6.07) is 4.48. The van der Waals surface area contributed by atoms with Crippen LogP contribution < -0.4 is 0 Å². The van der Waals surface area contributed by atoms with Crippen LogP contribution in [-0.2, 0) is 6.61 Å². The van der Waals surface area contributed by atoms with Crippen molar-refractivity contribution in [3.05, 3.63) is 46.5 Å². The molecule has 16 heavy (non-hydrogen) atoms. The van der Waals surface area contributed by atoms with Gasteiger partial charge in [-0.1, -0.05) is 17.7 Å². The largest absolute Gasteiger partial charge is 0.392 e. The van der Waals surface area contributed by atoms with E-state index < -0.39 is 5.82 Å². The number of aryl methyl sites for hydroxylation is 1. The highest BCUT2D eigenvalue weighted by Gasteiger charge is 2.09. The summed E-state index contributed by atoms with van der Waals surface area (Å²) in [5.74, 6) is -0.439. The Labute approximate surface area is 97.1 Å². The van der Waals surface area contributed by atoms with E-state index in [1.165, 1.54) is 10.7 Å². The number of rotatable bonds is 2. The lowest BCUT2D eigenvalue weighted by Crippen LogP contribution is -1.99. The van der Waals surface area contributed by atoms with Crippen LogP contribution in [0.4, 0.5) is 4.39 Å². The van der Waals surface area contributed by atoms with Crippen molar-refractivity contribution in [3.8, 4) is 5.69 Å². The van der Waals surface area contributed by atoms with Gasteiger partial charge in [-0.15, -0.1) is 0 Å². The minimum absolute atomic E-state index is 0.184. The Kier molecular flexibility index (Phi) is 2.94. The molecule has 0 aliphatic heterocycles. The van der Waals surface area contributed by atoms with E-state index in [0.717, 1.165) is 0 Å². The predicted molar refractivity (Wildman–Crippen MR) is 59.2 cm³/mol. The van der Waals surface area contributed by atoms with Crippen LogP contribution in [0.1, 0.15) is 11.3 Å². The molecule has 0 spiro atoms. The zero-order valence-corrected chi connectivity index (χ0v) is 9.37. The molecule has 2 aromatic rings. The van der Waals surface area contributed by atoms with Crippen molar-refractivity contribution in [2.75, 3.05) is 0 Å². The lowest BCUT2D eigenvalue weighted by Gasteiger charge is -2.04. The molecule has 0 aliphatic rings. The summed E-state index contributed by atoms with van der Waals surface area (Å²) < 4.78 is 15.0. The van der Waals surface area contributed by atoms with E-state index in [1.54, 1.807) is 25.3 Å². The number of aliphatic hydroxyl groups excluding tert-OH is 1. The normalized spacial score (nSPS) is 10.8. The molecule has 0 aliphatic carbocycles. The molecule has 0 radical (unpaired) electrons. The zero-order valence-electron chi connectivity index (χ0n) is 8.61. The van der Waals surface area contributed by atoms with Gasteiger partial charge in [0.1, 0.15) is 11.5 Å². The third-order valence-corrected chi connectivity index (χ3v) is 2.65. The van der Waals surface area contributed by atoms with Crippen molar-refractivity contribution in [2.45, 2.75) is 13.5 Å². The van der Waals surface area contributed by atoms with Crippen LogP contribution in [0.2, 0.25) is 5.02 Å². The van der Waals surface area contributed by atoms with Gasteiger partial charge in [0.25, 0.3) is 0 Å². The van der Waals surface area contributed by atoms with Crippen molar-refractivity contribution >= 4 is 11.6 Å². The average Bonchev–Trinajstić information content (AvgIpc) is 2.58. The maximum absolute atomic E-state index is 13.6. The van der Waals surface area contributed by atoms with Gasteiger partial charge in [-0.2, -0.15) is 5.10 Å². The van der Waals surface area contributed by atoms with Crippen molar-refractivity contribution in [2.24, 2.45) is 0 Å². The molecule has 0 fully saturated rings. The molecule has 0 unspecified atom stereocenters. The topological polar surface area (TPSA) is 38.0 Å². The summed E-state index contributed by atoms with van der Waals surface area (Å²) >= 11 is 5.84. The number of aliphatic hydroxyl groups is 1. The Morgan fingerprint density at radius 3 is 2.75 bits per heavy atom. The van der Waals surface area contributed by atoms with Gasteiger partial charge in [-0.05, 0) is 24.6 Å². The van der Waals surface area contributed by atoms with Gasteiger partial charge >= 0.3 is 0 Å². The highest BCUT2D eigenvalue weighted by molar-refractivity contribution is 6.31. The first-order valence-electron chi connectivity index (χ1n) is 4.73. The predicted octanol–water partition coefficient (Wildman–Crippen LogP) is 2.47. The SMILES string of the molecule is Cc1nn(-c2ccc(CO)cc2F)cc1Cl. The Balaban J connectivity index is 2.48. The van der Waals surface area contributed by atoms with Crippen molar-refractivity contribution in [3.63, 3.8) is 0 Å². The molecule has 84 valence electrons. The van der Waals surface area contributed by atoms with Gasteiger partial charge in [0.05, 0.1) is 17.3 Å². The van der Waals surface area contributed by atoms with Gasteiger partial charge < -0.3 is 5.11 Å². The van der Waals surface area contributed by atoms with E-state index >= 15 is 0 Å². The molecular weight excluding hydrogens is 231 g/mol. The lowest BCUT2D eigenvalue weighted by molar-refractivity contribution is 0.281. The van der Waals surface area contributed by atoms with E-state index in [0.29, 0.717) is 22.0 Å². The molecule has 0 amide bonds. The molecule has 1 N–H and O–H groups in total. The summed E-state index contributed by atoms with van der Waals surface area (Å²) in [6.45, 7) is 1.56. The van der Waals surface area contributed by atoms with Gasteiger partial charge in [-0.25, -0.2) is 9.07 Å². The summed E-state index contributed by atoms with van der Waals surface area (Å²) in [6.07, 6.45) is 1.55. The Hall–Kier alpha value is -1.39. The minimum atomic E-state index is -0.439. The highest BCUT2D eigenvalue weighted by atomic mass is 35.5. The maximum Gasteiger partial charge on any atom is 0.149 e. The molecule has 0 atom stereocenters. The van der Waals surface area contributed by atoms with Crippen LogP contribution in [0.3, 0.4) is 0 Å². The summed E-state index contributed by atoms with van der Waals surface area (Å²) in [4.78, 5) is 0. The van der Waals surface area contributed by atoms with E-state index in [-0.39, 0.29) is 6.61 Å². The van der Waals surface area contributed by atoms with Crippen LogP contribution in [0.25, 0.3) is 5.69 Å². The second-order valence-corrected chi connectivity index (χ2v) is 3.86. The fourth-order valence-electron chi connectivity index (χ4n) is 1.40. The molecule has 1 heterocycles. The first-order chi connectivity index (χ1) is 7.61. The molecule has 0 saturated heterocycles. The third kappa shape index (κ3) is 1.94. The zero-order chi connectivity index (χ0) is 11.7. The standard InChI is InChI=1S/C11H10ClFN2O/c1-7-9(12)5-15(14-7)11-3-2-8(6-16)4-10(11)13/h2-5,16H,6H2,1H3. The van der Waals surface area contributed by atoms with Crippen LogP contribution in [-0.4, -0.2) is 14.9 Å². The fraction of sp³-hybridized carbons (Fsp3) is 0.182. The van der Waals surface area contributed by atoms with Crippen molar-refractivity contribution < 1.29 is 9.50 Å². The minimum Gasteiger partial charge on any atom is -0.392 e. The lowest BCUT2D eigenvalue weighted by atomic mass is 10.2. The second kappa shape index (κ2) is 4.23. The number of halogens is 2. The fourth-order valence-corrected chi connectivity index (χ4v) is 1.53. The van der Waals surface area contributed by atoms with E-state index in [2.05, 4.69) is 5.10 Å². The summed E-state index contributed by atoms with van der Waals surface area (Å²) in [7, 11) is 0. The first kappa shape index (κ1) is 11.1. The summed E-state index contributed by atoms with van der Waals surface area (Å²) in [5, 5.41) is 13.4. The van der Waals surface area contributed by atoms with Gasteiger partial charge in [0, 0.05) is 6.20 Å². The molecule has 2 rings (SSSR count). The number of benzene rings is 1. The average molecular weight is 241 g/mol. The molecule has 0 saturated carbocycles. The van der Waals surface area contributed by atoms with E-state index in [1.807, 2.05) is 0 Å². The molecular formula is C11H10ClFN2O. The quantitative estimate of drug-likeness (QED) is 0.876. The Bertz CT molecular complexity index is 505. The van der Waals surface area contributed by atoms with Crippen molar-refractivity contribution in [1.29, 1.82) is 0 Å². The van der Waals surface area contributed by atoms with Gasteiger partial charge in [-0.3, -0.25) is 0 Å². The number of aromatic nitrogens is 2. The summed E-state index contributed by atoms with van der Waals surface area (Å²) in [5.41, 5.74) is 1.48. The van der Waals surface area contributed by atoms with Crippen molar-refractivity contribution in [1.82, 2.24) is 9.78 Å². The molecule has 1 aromatic carbocycles. The van der Waals surface area contributed by atoms with E-state index in [9.17, 15) is 4.39 Å². The first-order valence-corrected chi connectivity index (χ1v) is 5.11. The molecule has 0 bridgehead atoms. The highest BCUT2D eigenvalue weighted by Crippen LogP contribution is 2.19. The Morgan fingerprint density at radius 2 is 2.25 bits per heavy atom. The molecule has 3 nitrogen and oxygen atoms in total. The smallest absolute Gasteiger partial charge is 0.149 e. The van der Waals surface area contributed by atoms with Crippen LogP contribution >= 0.6 is 11.6 Å².